The number of hydrogen-bond acceptors (Lipinski definition) is 9. The summed E-state index contributed by atoms with van der Waals surface area (Å²) in [6.45, 7) is 7.36. The number of ether oxygens (including phenoxy) is 1. The highest BCUT2D eigenvalue weighted by Crippen LogP contribution is 2.31. The third-order valence-corrected chi connectivity index (χ3v) is 5.95. The van der Waals surface area contributed by atoms with Crippen LogP contribution in [0.2, 0.25) is 0 Å². The van der Waals surface area contributed by atoms with Gasteiger partial charge < -0.3 is 24.0 Å². The number of carbonyl (C=O) groups excluding carboxylic acids is 3. The summed E-state index contributed by atoms with van der Waals surface area (Å²) in [5.41, 5.74) is 0.370. The van der Waals surface area contributed by atoms with Gasteiger partial charge in [0.15, 0.2) is 17.2 Å². The Hall–Kier alpha value is -3.27. The van der Waals surface area contributed by atoms with Gasteiger partial charge in [0, 0.05) is 18.8 Å². The molecule has 3 atom stereocenters. The normalized spacial score (nSPS) is 20.6. The first kappa shape index (κ1) is 26.3. The minimum atomic E-state index is -1.11. The molecule has 2 N–H and O–H groups in total. The fourth-order valence-electron chi connectivity index (χ4n) is 3.82. The maximum atomic E-state index is 13.2. The van der Waals surface area contributed by atoms with Crippen LogP contribution in [0.15, 0.2) is 27.2 Å². The number of oxazole rings is 2. The summed E-state index contributed by atoms with van der Waals surface area (Å²) in [6, 6.07) is -0.568. The van der Waals surface area contributed by atoms with Gasteiger partial charge in [-0.2, -0.15) is 0 Å². The number of rotatable bonds is 7. The van der Waals surface area contributed by atoms with E-state index in [1.54, 1.807) is 13.8 Å². The van der Waals surface area contributed by atoms with Gasteiger partial charge in [0.25, 0.3) is 0 Å². The molecule has 35 heavy (non-hydrogen) atoms. The van der Waals surface area contributed by atoms with Gasteiger partial charge in [0.1, 0.15) is 24.2 Å². The summed E-state index contributed by atoms with van der Waals surface area (Å²) in [7, 11) is 1.25. The molecular formula is C25H33N3O7. The number of hydrogen-bond donors (Lipinski definition) is 2. The monoisotopic (exact) mass is 487 g/mol. The molecule has 1 aliphatic rings. The molecule has 1 amide bonds. The van der Waals surface area contributed by atoms with Gasteiger partial charge in [-0.25, -0.2) is 14.8 Å². The van der Waals surface area contributed by atoms with Crippen LogP contribution >= 0.6 is 0 Å². The molecular weight excluding hydrogens is 454 g/mol. The predicted octanol–water partition coefficient (Wildman–Crippen LogP) is 3.41. The van der Waals surface area contributed by atoms with Crippen LogP contribution in [0.3, 0.4) is 0 Å². The average Bonchev–Trinajstić information content (AvgIpc) is 3.46. The molecule has 10 heteroatoms. The number of ketones is 1. The summed E-state index contributed by atoms with van der Waals surface area (Å²) in [4.78, 5) is 46.3. The highest BCUT2D eigenvalue weighted by Gasteiger charge is 2.32. The highest BCUT2D eigenvalue weighted by atomic mass is 16.5. The van der Waals surface area contributed by atoms with E-state index in [-0.39, 0.29) is 47.4 Å². The third-order valence-electron chi connectivity index (χ3n) is 5.95. The van der Waals surface area contributed by atoms with E-state index in [0.29, 0.717) is 30.7 Å². The number of esters is 1. The Balaban J connectivity index is 1.92. The van der Waals surface area contributed by atoms with Crippen LogP contribution in [0, 0.1) is 17.8 Å². The minimum absolute atomic E-state index is 0.0145. The predicted molar refractivity (Wildman–Crippen MR) is 125 cm³/mol. The zero-order valence-corrected chi connectivity index (χ0v) is 20.7. The van der Waals surface area contributed by atoms with Crippen molar-refractivity contribution in [1.29, 1.82) is 0 Å². The van der Waals surface area contributed by atoms with E-state index in [2.05, 4.69) is 20.0 Å². The van der Waals surface area contributed by atoms with Crippen molar-refractivity contribution in [2.75, 3.05) is 7.11 Å². The van der Waals surface area contributed by atoms with Crippen LogP contribution in [0.4, 0.5) is 0 Å². The van der Waals surface area contributed by atoms with E-state index in [1.165, 1.54) is 13.4 Å². The lowest BCUT2D eigenvalue weighted by Crippen LogP contribution is -2.38. The SMILES string of the molecule is COC(=O)c1coc(-c2nc3oc2CC/C=C/CC(CC(=O)[C@@H](O)C(C)C)C(=O)N[C@H]3C(C)C)n1. The molecule has 2 bridgehead atoms. The van der Waals surface area contributed by atoms with Gasteiger partial charge in [-0.15, -0.1) is 0 Å². The average molecular weight is 488 g/mol. The Morgan fingerprint density at radius 1 is 1.23 bits per heavy atom. The summed E-state index contributed by atoms with van der Waals surface area (Å²) in [5, 5.41) is 13.1. The third kappa shape index (κ3) is 6.25. The second kappa shape index (κ2) is 11.4. The molecule has 2 aromatic rings. The fourth-order valence-corrected chi connectivity index (χ4v) is 3.82. The van der Waals surface area contributed by atoms with Gasteiger partial charge in [-0.1, -0.05) is 39.8 Å². The summed E-state index contributed by atoms with van der Waals surface area (Å²) >= 11 is 0. The number of nitrogens with one attached hydrogen (secondary N) is 1. The number of nitrogens with zero attached hydrogens (tertiary/aromatic N) is 2. The summed E-state index contributed by atoms with van der Waals surface area (Å²) in [6.07, 6.45) is 5.25. The van der Waals surface area contributed by atoms with E-state index < -0.39 is 24.0 Å². The van der Waals surface area contributed by atoms with E-state index >= 15 is 0 Å². The standard InChI is InChI=1S/C25H33N3O7/c1-13(2)19-24-28-20(23-26-16(12-34-23)25(32)33-5)18(35-24)10-8-6-7-9-15(22(31)27-19)11-17(29)21(30)14(3)4/h6-7,12-15,19,21,30H,8-11H2,1-5H3,(H,27,31)/b7-6+/t15?,19-,21-/m0/s1. The van der Waals surface area contributed by atoms with Crippen LogP contribution in [-0.4, -0.2) is 45.9 Å². The van der Waals surface area contributed by atoms with Crippen molar-refractivity contribution in [2.45, 2.75) is 65.5 Å². The Labute approximate surface area is 204 Å². The molecule has 3 rings (SSSR count). The maximum Gasteiger partial charge on any atom is 0.360 e. The number of aromatic nitrogens is 2. The lowest BCUT2D eigenvalue weighted by molar-refractivity contribution is -0.135. The van der Waals surface area contributed by atoms with E-state index in [1.807, 2.05) is 26.0 Å². The van der Waals surface area contributed by atoms with Crippen LogP contribution < -0.4 is 5.32 Å². The summed E-state index contributed by atoms with van der Waals surface area (Å²) in [5.74, 6) is -1.31. The van der Waals surface area contributed by atoms with Crippen LogP contribution in [-0.2, 0) is 20.7 Å². The number of aliphatic hydroxyl groups excluding tert-OH is 1. The fraction of sp³-hybridized carbons (Fsp3) is 0.560. The molecule has 0 radical (unpaired) electrons. The van der Waals surface area contributed by atoms with E-state index in [0.717, 1.165) is 0 Å². The van der Waals surface area contributed by atoms with Gasteiger partial charge in [0.2, 0.25) is 17.7 Å². The number of amides is 1. The van der Waals surface area contributed by atoms with Crippen molar-refractivity contribution in [2.24, 2.45) is 17.8 Å². The largest absolute Gasteiger partial charge is 0.464 e. The second-order valence-electron chi connectivity index (χ2n) is 9.39. The van der Waals surface area contributed by atoms with Crippen LogP contribution in [0.25, 0.3) is 11.6 Å². The van der Waals surface area contributed by atoms with Crippen molar-refractivity contribution in [3.05, 3.63) is 35.8 Å². The first-order valence-corrected chi connectivity index (χ1v) is 11.8. The zero-order valence-electron chi connectivity index (χ0n) is 20.7. The lowest BCUT2D eigenvalue weighted by atomic mass is 9.91. The molecule has 3 heterocycles. The Kier molecular flexibility index (Phi) is 8.61. The Morgan fingerprint density at radius 3 is 2.63 bits per heavy atom. The van der Waals surface area contributed by atoms with Crippen molar-refractivity contribution in [1.82, 2.24) is 15.3 Å². The highest BCUT2D eigenvalue weighted by molar-refractivity contribution is 5.89. The first-order valence-electron chi connectivity index (χ1n) is 11.8. The minimum Gasteiger partial charge on any atom is -0.464 e. The molecule has 1 aliphatic heterocycles. The molecule has 0 saturated heterocycles. The summed E-state index contributed by atoms with van der Waals surface area (Å²) < 4.78 is 16.2. The van der Waals surface area contributed by atoms with E-state index in [4.69, 9.17) is 8.83 Å². The van der Waals surface area contributed by atoms with Gasteiger partial charge >= 0.3 is 5.97 Å². The molecule has 0 fully saturated rings. The van der Waals surface area contributed by atoms with Crippen LogP contribution in [0.5, 0.6) is 0 Å². The van der Waals surface area contributed by atoms with E-state index in [9.17, 15) is 19.5 Å². The van der Waals surface area contributed by atoms with Crippen molar-refractivity contribution in [3.8, 4) is 11.6 Å². The number of allylic oxidation sites excluding steroid dienone is 2. The number of Topliss-reactive ketones (excluding diaryl/α,β-unsaturated/α-hetero) is 1. The Morgan fingerprint density at radius 2 is 1.97 bits per heavy atom. The van der Waals surface area contributed by atoms with Gasteiger partial charge in [0.05, 0.1) is 7.11 Å². The first-order chi connectivity index (χ1) is 16.6. The zero-order chi connectivity index (χ0) is 25.7. The van der Waals surface area contributed by atoms with Crippen LogP contribution in [0.1, 0.15) is 75.1 Å². The number of carbonyl (C=O) groups is 3. The molecule has 0 aromatic carbocycles. The molecule has 0 aliphatic carbocycles. The quantitative estimate of drug-likeness (QED) is 0.443. The second-order valence-corrected chi connectivity index (χ2v) is 9.39. The molecule has 10 nitrogen and oxygen atoms in total. The van der Waals surface area contributed by atoms with Gasteiger partial charge in [-0.3, -0.25) is 9.59 Å². The smallest absolute Gasteiger partial charge is 0.360 e. The number of aryl methyl sites for hydroxylation is 1. The number of aliphatic hydroxyl groups is 1. The number of methoxy groups -OCH3 is 1. The molecule has 0 saturated carbocycles. The maximum absolute atomic E-state index is 13.2. The van der Waals surface area contributed by atoms with Crippen molar-refractivity contribution >= 4 is 17.7 Å². The molecule has 2 aromatic heterocycles. The van der Waals surface area contributed by atoms with Gasteiger partial charge in [-0.05, 0) is 24.7 Å². The molecule has 1 unspecified atom stereocenters. The molecule has 190 valence electrons. The van der Waals surface area contributed by atoms with Crippen molar-refractivity contribution in [3.63, 3.8) is 0 Å². The topological polar surface area (TPSA) is 145 Å². The Bertz CT molecular complexity index is 1080. The molecule has 0 spiro atoms. The number of fused-ring (bicyclic) bond motifs is 2. The lowest BCUT2D eigenvalue weighted by Gasteiger charge is -2.23. The van der Waals surface area contributed by atoms with Crippen molar-refractivity contribution < 1.29 is 33.1 Å².